The van der Waals surface area contributed by atoms with Gasteiger partial charge in [0.25, 0.3) is 0 Å². The number of hydrogen-bond donors (Lipinski definition) is 2. The van der Waals surface area contributed by atoms with Crippen molar-refractivity contribution in [2.45, 2.75) is 5.03 Å². The SMILES string of the molecule is C[n+]1[nH]oc(=O)c1SCC(=O)Nc1ccc(-c2nc3ccccc3o2)cc1. The van der Waals surface area contributed by atoms with Crippen LogP contribution in [0.2, 0.25) is 0 Å². The van der Waals surface area contributed by atoms with Gasteiger partial charge in [0, 0.05) is 11.3 Å². The van der Waals surface area contributed by atoms with E-state index in [4.69, 9.17) is 4.42 Å². The van der Waals surface area contributed by atoms with Gasteiger partial charge in [0.2, 0.25) is 11.8 Å². The second-order valence-electron chi connectivity index (χ2n) is 5.75. The molecular formula is C18H15N4O4S+. The number of oxazole rings is 1. The lowest BCUT2D eigenvalue weighted by Crippen LogP contribution is -2.34. The second-order valence-corrected chi connectivity index (χ2v) is 6.71. The molecule has 0 atom stereocenters. The van der Waals surface area contributed by atoms with Crippen molar-refractivity contribution in [1.29, 1.82) is 0 Å². The Kier molecular flexibility index (Phi) is 4.51. The number of aromatic amines is 1. The molecule has 136 valence electrons. The zero-order valence-corrected chi connectivity index (χ0v) is 15.1. The van der Waals surface area contributed by atoms with Gasteiger partial charge in [-0.15, -0.1) is 0 Å². The van der Waals surface area contributed by atoms with Crippen LogP contribution < -0.4 is 15.6 Å². The molecule has 2 aromatic heterocycles. The highest BCUT2D eigenvalue weighted by molar-refractivity contribution is 7.99. The summed E-state index contributed by atoms with van der Waals surface area (Å²) in [6, 6.07) is 14.8. The average molecular weight is 383 g/mol. The van der Waals surface area contributed by atoms with Gasteiger partial charge in [-0.25, -0.2) is 9.78 Å². The predicted molar refractivity (Wildman–Crippen MR) is 99.3 cm³/mol. The molecule has 1 amide bonds. The third kappa shape index (κ3) is 3.63. The van der Waals surface area contributed by atoms with Crippen molar-refractivity contribution in [2.75, 3.05) is 11.1 Å². The number of anilines is 1. The van der Waals surface area contributed by atoms with Crippen molar-refractivity contribution in [3.8, 4) is 11.5 Å². The number of nitrogens with zero attached hydrogens (tertiary/aromatic N) is 2. The molecule has 0 aliphatic carbocycles. The second kappa shape index (κ2) is 7.12. The number of thioether (sulfide) groups is 1. The van der Waals surface area contributed by atoms with E-state index >= 15 is 0 Å². The molecule has 2 heterocycles. The summed E-state index contributed by atoms with van der Waals surface area (Å²) < 4.78 is 11.8. The minimum Gasteiger partial charge on any atom is -0.436 e. The van der Waals surface area contributed by atoms with E-state index < -0.39 is 5.63 Å². The lowest BCUT2D eigenvalue weighted by molar-refractivity contribution is -0.772. The van der Waals surface area contributed by atoms with Gasteiger partial charge in [0.1, 0.15) is 5.52 Å². The monoisotopic (exact) mass is 383 g/mol. The molecule has 27 heavy (non-hydrogen) atoms. The molecule has 2 aromatic carbocycles. The Balaban J connectivity index is 1.41. The summed E-state index contributed by atoms with van der Waals surface area (Å²) in [5.41, 5.74) is 2.48. The van der Waals surface area contributed by atoms with Gasteiger partial charge in [-0.1, -0.05) is 16.8 Å². The molecule has 0 spiro atoms. The lowest BCUT2D eigenvalue weighted by Gasteiger charge is -2.04. The van der Waals surface area contributed by atoms with Crippen LogP contribution in [-0.2, 0) is 11.8 Å². The summed E-state index contributed by atoms with van der Waals surface area (Å²) in [5.74, 6) is 0.384. The maximum atomic E-state index is 12.1. The number of benzene rings is 2. The fourth-order valence-electron chi connectivity index (χ4n) is 2.51. The van der Waals surface area contributed by atoms with Gasteiger partial charge in [-0.2, -0.15) is 0 Å². The summed E-state index contributed by atoms with van der Waals surface area (Å²) in [4.78, 5) is 28.0. The summed E-state index contributed by atoms with van der Waals surface area (Å²) in [6.07, 6.45) is 0. The topological polar surface area (TPSA) is 105 Å². The number of aryl methyl sites for hydroxylation is 1. The summed E-state index contributed by atoms with van der Waals surface area (Å²) in [6.45, 7) is 0. The number of rotatable bonds is 5. The molecule has 0 bridgehead atoms. The number of carbonyl (C=O) groups is 1. The summed E-state index contributed by atoms with van der Waals surface area (Å²) >= 11 is 1.10. The molecule has 0 saturated heterocycles. The van der Waals surface area contributed by atoms with Gasteiger partial charge >= 0.3 is 10.7 Å². The Morgan fingerprint density at radius 3 is 2.70 bits per heavy atom. The normalized spacial score (nSPS) is 11.0. The van der Waals surface area contributed by atoms with E-state index in [1.165, 1.54) is 4.68 Å². The van der Waals surface area contributed by atoms with Crippen LogP contribution in [0.5, 0.6) is 0 Å². The highest BCUT2D eigenvalue weighted by Gasteiger charge is 2.19. The van der Waals surface area contributed by atoms with E-state index in [1.807, 2.05) is 36.4 Å². The van der Waals surface area contributed by atoms with E-state index in [-0.39, 0.29) is 11.7 Å². The molecule has 9 heteroatoms. The third-order valence-electron chi connectivity index (χ3n) is 3.80. The maximum absolute atomic E-state index is 12.1. The van der Waals surface area contributed by atoms with Crippen LogP contribution in [0.15, 0.2) is 67.3 Å². The number of fused-ring (bicyclic) bond motifs is 1. The molecule has 2 N–H and O–H groups in total. The van der Waals surface area contributed by atoms with Crippen LogP contribution in [-0.4, -0.2) is 21.9 Å². The smallest absolute Gasteiger partial charge is 0.436 e. The van der Waals surface area contributed by atoms with Gasteiger partial charge in [-0.3, -0.25) is 9.32 Å². The first kappa shape index (κ1) is 17.1. The number of para-hydroxylation sites is 2. The van der Waals surface area contributed by atoms with Crippen molar-refractivity contribution < 1.29 is 18.4 Å². The quantitative estimate of drug-likeness (QED) is 0.405. The number of nitrogens with one attached hydrogen (secondary N) is 2. The van der Waals surface area contributed by atoms with Crippen molar-refractivity contribution >= 4 is 34.5 Å². The number of hydrogen-bond acceptors (Lipinski definition) is 6. The van der Waals surface area contributed by atoms with Crippen LogP contribution in [0.25, 0.3) is 22.6 Å². The Hall–Kier alpha value is -3.33. The van der Waals surface area contributed by atoms with Crippen molar-refractivity contribution in [3.05, 3.63) is 59.0 Å². The standard InChI is InChI=1S/C18H14N4O4S/c1-22-17(18(24)26-21-22)27-10-15(23)19-12-8-6-11(7-9-12)16-20-13-4-2-3-5-14(13)25-16/h2-9H,10H2,1H3,(H-,19,20,21,23,24)/p+1. The largest absolute Gasteiger partial charge is 0.441 e. The first-order valence-corrected chi connectivity index (χ1v) is 9.05. The maximum Gasteiger partial charge on any atom is 0.441 e. The number of amides is 1. The van der Waals surface area contributed by atoms with E-state index in [2.05, 4.69) is 20.1 Å². The number of H-pyrrole nitrogens is 1. The molecule has 0 unspecified atom stereocenters. The molecular weight excluding hydrogens is 368 g/mol. The average Bonchev–Trinajstić information content (AvgIpc) is 3.24. The van der Waals surface area contributed by atoms with Crippen LogP contribution in [0.1, 0.15) is 0 Å². The van der Waals surface area contributed by atoms with Gasteiger partial charge in [0.05, 0.1) is 5.75 Å². The Morgan fingerprint density at radius 1 is 1.22 bits per heavy atom. The Labute approximate surface area is 157 Å². The lowest BCUT2D eigenvalue weighted by atomic mass is 10.2. The predicted octanol–water partition coefficient (Wildman–Crippen LogP) is 2.33. The van der Waals surface area contributed by atoms with E-state index in [0.717, 1.165) is 28.4 Å². The molecule has 4 rings (SSSR count). The Bertz CT molecular complexity index is 1130. The summed E-state index contributed by atoms with van der Waals surface area (Å²) in [7, 11) is 1.63. The summed E-state index contributed by atoms with van der Waals surface area (Å²) in [5, 5.41) is 5.52. The molecule has 0 aliphatic heterocycles. The fraction of sp³-hybridized carbons (Fsp3) is 0.111. The zero-order chi connectivity index (χ0) is 18.8. The molecule has 0 saturated carbocycles. The van der Waals surface area contributed by atoms with E-state index in [0.29, 0.717) is 16.6 Å². The Morgan fingerprint density at radius 2 is 2.00 bits per heavy atom. The van der Waals surface area contributed by atoms with Gasteiger partial charge in [-0.05, 0) is 53.4 Å². The third-order valence-corrected chi connectivity index (χ3v) is 4.92. The highest BCUT2D eigenvalue weighted by atomic mass is 32.2. The van der Waals surface area contributed by atoms with Crippen LogP contribution in [0.4, 0.5) is 5.69 Å². The van der Waals surface area contributed by atoms with Crippen LogP contribution in [0.3, 0.4) is 0 Å². The molecule has 0 aliphatic rings. The minimum atomic E-state index is -0.502. The molecule has 0 fully saturated rings. The van der Waals surface area contributed by atoms with Gasteiger partial charge < -0.3 is 9.73 Å². The number of aromatic nitrogens is 3. The van der Waals surface area contributed by atoms with E-state index in [9.17, 15) is 9.59 Å². The van der Waals surface area contributed by atoms with Crippen LogP contribution >= 0.6 is 11.8 Å². The molecule has 4 aromatic rings. The highest BCUT2D eigenvalue weighted by Crippen LogP contribution is 2.25. The zero-order valence-electron chi connectivity index (χ0n) is 14.3. The fourth-order valence-corrected chi connectivity index (χ4v) is 3.24. The number of carbonyl (C=O) groups excluding carboxylic acids is 1. The minimum absolute atomic E-state index is 0.0866. The molecule has 0 radical (unpaired) electrons. The van der Waals surface area contributed by atoms with Crippen molar-refractivity contribution in [1.82, 2.24) is 10.3 Å². The van der Waals surface area contributed by atoms with E-state index in [1.54, 1.807) is 19.2 Å². The van der Waals surface area contributed by atoms with Crippen molar-refractivity contribution in [2.24, 2.45) is 7.05 Å². The first-order chi connectivity index (χ1) is 13.1. The van der Waals surface area contributed by atoms with Crippen molar-refractivity contribution in [3.63, 3.8) is 0 Å². The van der Waals surface area contributed by atoms with Gasteiger partial charge in [0.15, 0.2) is 12.6 Å². The first-order valence-electron chi connectivity index (χ1n) is 8.06. The van der Waals surface area contributed by atoms with Crippen LogP contribution in [0, 0.1) is 0 Å². The molecule has 8 nitrogen and oxygen atoms in total.